The van der Waals surface area contributed by atoms with Crippen LogP contribution in [0.4, 0.5) is 4.79 Å². The minimum atomic E-state index is -0.836. The maximum absolute atomic E-state index is 11.5. The van der Waals surface area contributed by atoms with Crippen molar-refractivity contribution in [2.45, 2.75) is 52.5 Å². The van der Waals surface area contributed by atoms with E-state index in [1.165, 1.54) is 0 Å². The standard InChI is InChI=1S/C12H24N2O3/c1-4-6-10(5-2)14-12(17)13-8-9(3)7-11(15)16/h9-10H,4-8H2,1-3H3,(H,15,16)(H2,13,14,17). The first-order valence-electron chi connectivity index (χ1n) is 6.25. The van der Waals surface area contributed by atoms with Crippen molar-refractivity contribution >= 4 is 12.0 Å². The molecule has 0 aliphatic carbocycles. The molecule has 2 atom stereocenters. The summed E-state index contributed by atoms with van der Waals surface area (Å²) in [7, 11) is 0. The van der Waals surface area contributed by atoms with Crippen LogP contribution in [-0.2, 0) is 4.79 Å². The highest BCUT2D eigenvalue weighted by Gasteiger charge is 2.11. The molecule has 0 aliphatic rings. The van der Waals surface area contributed by atoms with E-state index in [0.29, 0.717) is 6.54 Å². The van der Waals surface area contributed by atoms with Crippen LogP contribution in [0.5, 0.6) is 0 Å². The summed E-state index contributed by atoms with van der Waals surface area (Å²) in [4.78, 5) is 21.9. The summed E-state index contributed by atoms with van der Waals surface area (Å²) < 4.78 is 0. The molecule has 5 nitrogen and oxygen atoms in total. The Morgan fingerprint density at radius 1 is 1.29 bits per heavy atom. The SMILES string of the molecule is CCCC(CC)NC(=O)NCC(C)CC(=O)O. The Balaban J connectivity index is 3.81. The van der Waals surface area contributed by atoms with Crippen LogP contribution < -0.4 is 10.6 Å². The Bertz CT molecular complexity index is 244. The number of carbonyl (C=O) groups excluding carboxylic acids is 1. The molecule has 0 aromatic heterocycles. The van der Waals surface area contributed by atoms with Gasteiger partial charge in [-0.05, 0) is 18.8 Å². The van der Waals surface area contributed by atoms with Crippen molar-refractivity contribution in [1.82, 2.24) is 10.6 Å². The Hall–Kier alpha value is -1.26. The maximum atomic E-state index is 11.5. The Labute approximate surface area is 103 Å². The molecule has 0 aromatic rings. The second kappa shape index (κ2) is 8.84. The average molecular weight is 244 g/mol. The van der Waals surface area contributed by atoms with E-state index in [0.717, 1.165) is 19.3 Å². The number of amides is 2. The Morgan fingerprint density at radius 3 is 2.41 bits per heavy atom. The van der Waals surface area contributed by atoms with Crippen LogP contribution in [0.2, 0.25) is 0 Å². The van der Waals surface area contributed by atoms with Crippen LogP contribution in [0.25, 0.3) is 0 Å². The van der Waals surface area contributed by atoms with E-state index in [4.69, 9.17) is 5.11 Å². The lowest BCUT2D eigenvalue weighted by atomic mass is 10.1. The fourth-order valence-corrected chi connectivity index (χ4v) is 1.60. The van der Waals surface area contributed by atoms with E-state index in [9.17, 15) is 9.59 Å². The first-order chi connectivity index (χ1) is 7.99. The van der Waals surface area contributed by atoms with Crippen molar-refractivity contribution in [2.24, 2.45) is 5.92 Å². The van der Waals surface area contributed by atoms with Crippen molar-refractivity contribution in [3.05, 3.63) is 0 Å². The van der Waals surface area contributed by atoms with Gasteiger partial charge in [-0.25, -0.2) is 4.79 Å². The van der Waals surface area contributed by atoms with Gasteiger partial charge in [-0.3, -0.25) is 4.79 Å². The highest BCUT2D eigenvalue weighted by molar-refractivity contribution is 5.74. The molecule has 17 heavy (non-hydrogen) atoms. The Morgan fingerprint density at radius 2 is 1.94 bits per heavy atom. The molecule has 0 aliphatic heterocycles. The third-order valence-electron chi connectivity index (χ3n) is 2.60. The number of carbonyl (C=O) groups is 2. The molecule has 0 spiro atoms. The highest BCUT2D eigenvalue weighted by atomic mass is 16.4. The maximum Gasteiger partial charge on any atom is 0.315 e. The van der Waals surface area contributed by atoms with Crippen molar-refractivity contribution < 1.29 is 14.7 Å². The minimum absolute atomic E-state index is 0.0514. The van der Waals surface area contributed by atoms with Gasteiger partial charge in [0.05, 0.1) is 0 Å². The van der Waals surface area contributed by atoms with Gasteiger partial charge >= 0.3 is 12.0 Å². The van der Waals surface area contributed by atoms with Crippen LogP contribution in [-0.4, -0.2) is 29.7 Å². The van der Waals surface area contributed by atoms with Gasteiger partial charge in [-0.2, -0.15) is 0 Å². The highest BCUT2D eigenvalue weighted by Crippen LogP contribution is 2.01. The molecule has 0 rings (SSSR count). The summed E-state index contributed by atoms with van der Waals surface area (Å²) in [6, 6.07) is -0.00248. The minimum Gasteiger partial charge on any atom is -0.481 e. The van der Waals surface area contributed by atoms with E-state index >= 15 is 0 Å². The van der Waals surface area contributed by atoms with Gasteiger partial charge in [0.25, 0.3) is 0 Å². The summed E-state index contributed by atoms with van der Waals surface area (Å²) >= 11 is 0. The fraction of sp³-hybridized carbons (Fsp3) is 0.833. The van der Waals surface area contributed by atoms with Crippen molar-refractivity contribution in [3.63, 3.8) is 0 Å². The summed E-state index contributed by atoms with van der Waals surface area (Å²) in [5.74, 6) is -0.887. The molecule has 0 radical (unpaired) electrons. The second-order valence-electron chi connectivity index (χ2n) is 4.45. The molecule has 0 heterocycles. The predicted molar refractivity (Wildman–Crippen MR) is 66.9 cm³/mol. The van der Waals surface area contributed by atoms with E-state index in [1.54, 1.807) is 6.92 Å². The molecule has 0 fully saturated rings. The smallest absolute Gasteiger partial charge is 0.315 e. The molecule has 0 bridgehead atoms. The van der Waals surface area contributed by atoms with Gasteiger partial charge < -0.3 is 15.7 Å². The quantitative estimate of drug-likeness (QED) is 0.611. The fourth-order valence-electron chi connectivity index (χ4n) is 1.60. The molecular formula is C12H24N2O3. The summed E-state index contributed by atoms with van der Waals surface area (Å²) in [6.45, 7) is 6.31. The largest absolute Gasteiger partial charge is 0.481 e. The summed E-state index contributed by atoms with van der Waals surface area (Å²) in [6.07, 6.45) is 2.99. The molecule has 0 saturated heterocycles. The zero-order chi connectivity index (χ0) is 13.3. The van der Waals surface area contributed by atoms with Gasteiger partial charge in [0.2, 0.25) is 0 Å². The van der Waals surface area contributed by atoms with E-state index in [-0.39, 0.29) is 24.4 Å². The number of rotatable bonds is 8. The monoisotopic (exact) mass is 244 g/mol. The van der Waals surface area contributed by atoms with Gasteiger partial charge in [-0.15, -0.1) is 0 Å². The molecule has 100 valence electrons. The normalized spacial score (nSPS) is 13.8. The number of hydrogen-bond donors (Lipinski definition) is 3. The third kappa shape index (κ3) is 8.54. The number of hydrogen-bond acceptors (Lipinski definition) is 2. The molecule has 3 N–H and O–H groups in total. The number of nitrogens with one attached hydrogen (secondary N) is 2. The first kappa shape index (κ1) is 15.7. The second-order valence-corrected chi connectivity index (χ2v) is 4.45. The Kier molecular flexibility index (Phi) is 8.19. The van der Waals surface area contributed by atoms with Crippen LogP contribution in [0.15, 0.2) is 0 Å². The zero-order valence-electron chi connectivity index (χ0n) is 11.0. The molecule has 0 saturated carbocycles. The number of carboxylic acids is 1. The summed E-state index contributed by atoms with van der Waals surface area (Å²) in [5.41, 5.74) is 0. The van der Waals surface area contributed by atoms with Gasteiger partial charge in [0.15, 0.2) is 0 Å². The summed E-state index contributed by atoms with van der Waals surface area (Å²) in [5, 5.41) is 14.2. The van der Waals surface area contributed by atoms with Crippen LogP contribution >= 0.6 is 0 Å². The van der Waals surface area contributed by atoms with Crippen LogP contribution in [0, 0.1) is 5.92 Å². The zero-order valence-corrected chi connectivity index (χ0v) is 11.0. The van der Waals surface area contributed by atoms with Crippen LogP contribution in [0.1, 0.15) is 46.5 Å². The number of aliphatic carboxylic acids is 1. The first-order valence-corrected chi connectivity index (χ1v) is 6.25. The lowest BCUT2D eigenvalue weighted by molar-refractivity contribution is -0.137. The molecule has 5 heteroatoms. The lowest BCUT2D eigenvalue weighted by Gasteiger charge is -2.17. The lowest BCUT2D eigenvalue weighted by Crippen LogP contribution is -2.43. The van der Waals surface area contributed by atoms with Crippen molar-refractivity contribution in [1.29, 1.82) is 0 Å². The van der Waals surface area contributed by atoms with Gasteiger partial charge in [0, 0.05) is 19.0 Å². The van der Waals surface area contributed by atoms with E-state index in [1.807, 2.05) is 6.92 Å². The van der Waals surface area contributed by atoms with Crippen LogP contribution in [0.3, 0.4) is 0 Å². The molecule has 2 unspecified atom stereocenters. The van der Waals surface area contributed by atoms with E-state index < -0.39 is 5.97 Å². The molecular weight excluding hydrogens is 220 g/mol. The van der Waals surface area contributed by atoms with Crippen molar-refractivity contribution in [2.75, 3.05) is 6.54 Å². The topological polar surface area (TPSA) is 78.4 Å². The average Bonchev–Trinajstić information content (AvgIpc) is 2.25. The number of urea groups is 1. The predicted octanol–water partition coefficient (Wildman–Crippen LogP) is 1.98. The van der Waals surface area contributed by atoms with Gasteiger partial charge in [-0.1, -0.05) is 27.2 Å². The van der Waals surface area contributed by atoms with E-state index in [2.05, 4.69) is 17.6 Å². The van der Waals surface area contributed by atoms with Crippen molar-refractivity contribution in [3.8, 4) is 0 Å². The molecule has 2 amide bonds. The van der Waals surface area contributed by atoms with Gasteiger partial charge in [0.1, 0.15) is 0 Å². The number of carboxylic acid groups (broad SMARTS) is 1. The molecule has 0 aromatic carbocycles. The third-order valence-corrected chi connectivity index (χ3v) is 2.60.